The van der Waals surface area contributed by atoms with Crippen LogP contribution in [0.15, 0.2) is 9.98 Å². The first kappa shape index (κ1) is 24.1. The van der Waals surface area contributed by atoms with E-state index in [1.54, 1.807) is 0 Å². The van der Waals surface area contributed by atoms with Crippen molar-refractivity contribution in [2.24, 2.45) is 9.98 Å². The van der Waals surface area contributed by atoms with E-state index in [2.05, 4.69) is 15.3 Å². The van der Waals surface area contributed by atoms with Crippen molar-refractivity contribution in [1.82, 2.24) is 5.32 Å². The molecule has 0 aliphatic carbocycles. The number of aliphatic carboxylic acids is 4. The van der Waals surface area contributed by atoms with Gasteiger partial charge in [-0.1, -0.05) is 35.3 Å². The predicted octanol–water partition coefficient (Wildman–Crippen LogP) is -4.84. The summed E-state index contributed by atoms with van der Waals surface area (Å²) in [6, 6.07) is 0. The molecule has 1 heterocycles. The third-order valence-corrected chi connectivity index (χ3v) is 4.91. The maximum absolute atomic E-state index is 11.4. The molecule has 0 aromatic rings. The number of carbonyl (C=O) groups excluding carboxylic acids is 1. The molecule has 132 valence electrons. The Labute approximate surface area is 175 Å². The van der Waals surface area contributed by atoms with E-state index in [1.165, 1.54) is 0 Å². The minimum atomic E-state index is -2.34. The summed E-state index contributed by atoms with van der Waals surface area (Å²) in [5.41, 5.74) is 0. The van der Waals surface area contributed by atoms with Gasteiger partial charge in [-0.3, -0.25) is 14.4 Å². The van der Waals surface area contributed by atoms with Crippen molar-refractivity contribution in [1.29, 1.82) is 0 Å². The zero-order valence-electron chi connectivity index (χ0n) is 12.6. The van der Waals surface area contributed by atoms with Gasteiger partial charge in [0.2, 0.25) is 4.99 Å². The molecular formula is C10H10N3NaO8S3. The number of thioether (sulfide) groups is 3. The van der Waals surface area contributed by atoms with Crippen molar-refractivity contribution < 1.29 is 69.2 Å². The quantitative estimate of drug-likeness (QED) is 0.275. The maximum atomic E-state index is 11.4. The van der Waals surface area contributed by atoms with Gasteiger partial charge in [-0.15, -0.1) is 0 Å². The number of carboxylic acids is 4. The molecule has 4 N–H and O–H groups in total. The summed E-state index contributed by atoms with van der Waals surface area (Å²) >= 11 is 1.63. The fourth-order valence-corrected chi connectivity index (χ4v) is 3.41. The van der Waals surface area contributed by atoms with Crippen LogP contribution < -0.4 is 40.0 Å². The Balaban J connectivity index is 0.00000576. The molecule has 0 spiro atoms. The first-order valence-corrected chi connectivity index (χ1v) is 8.83. The molecule has 1 rings (SSSR count). The molecule has 25 heavy (non-hydrogen) atoms. The summed E-state index contributed by atoms with van der Waals surface area (Å²) in [4.78, 5) is 48.5. The molecule has 11 nitrogen and oxygen atoms in total. The molecule has 0 saturated carbocycles. The third-order valence-electron chi connectivity index (χ3n) is 2.05. The minimum Gasteiger partial charge on any atom is -0.544 e. The van der Waals surface area contributed by atoms with Crippen LogP contribution in [0.3, 0.4) is 0 Å². The van der Waals surface area contributed by atoms with Crippen LogP contribution >= 0.6 is 35.3 Å². The summed E-state index contributed by atoms with van der Waals surface area (Å²) < 4.78 is 0. The van der Waals surface area contributed by atoms with Crippen molar-refractivity contribution in [3.8, 4) is 0 Å². The number of amidine groups is 2. The van der Waals surface area contributed by atoms with E-state index in [1.807, 2.05) is 0 Å². The predicted molar refractivity (Wildman–Crippen MR) is 86.0 cm³/mol. The van der Waals surface area contributed by atoms with Crippen LogP contribution in [0.5, 0.6) is 0 Å². The number of nitrogens with zero attached hydrogens (tertiary/aromatic N) is 2. The van der Waals surface area contributed by atoms with Gasteiger partial charge in [0, 0.05) is 0 Å². The monoisotopic (exact) mass is 419 g/mol. The molecule has 0 unspecified atom stereocenters. The Hall–Kier alpha value is -0.930. The van der Waals surface area contributed by atoms with Gasteiger partial charge < -0.3 is 30.5 Å². The zero-order valence-corrected chi connectivity index (χ0v) is 17.1. The van der Waals surface area contributed by atoms with E-state index in [-0.39, 0.29) is 39.9 Å². The summed E-state index contributed by atoms with van der Waals surface area (Å²) in [5, 5.41) is 39.7. The molecule has 0 fully saturated rings. The third kappa shape index (κ3) is 8.33. The number of carbonyl (C=O) groups is 4. The molecule has 0 radical (unpaired) electrons. The molecular weight excluding hydrogens is 409 g/mol. The van der Waals surface area contributed by atoms with Gasteiger partial charge in [0.15, 0.2) is 10.3 Å². The number of hydrogen-bond acceptors (Lipinski definition) is 11. The average molecular weight is 419 g/mol. The standard InChI is InChI=1S/C10H11N3O8S3.Na/c14-4(15)1-22-8-11-9(23-2-5(16)17)13-10(12-8,7(20)21)24-3-6(18)19;/h1-3H2,(H,14,15)(H,16,17)(H,18,19)(H,20,21)(H,11,12,13);/q;+1/p-1. The number of nitrogens with one attached hydrogen (secondary N) is 1. The molecule has 0 atom stereocenters. The van der Waals surface area contributed by atoms with Crippen LogP contribution in [0.25, 0.3) is 0 Å². The summed E-state index contributed by atoms with van der Waals surface area (Å²) in [6.45, 7) is 0. The van der Waals surface area contributed by atoms with Crippen LogP contribution in [0.4, 0.5) is 0 Å². The summed E-state index contributed by atoms with van der Waals surface area (Å²) in [6.07, 6.45) is 0. The molecule has 0 saturated heterocycles. The van der Waals surface area contributed by atoms with Crippen LogP contribution in [-0.4, -0.2) is 71.8 Å². The topological polar surface area (TPSA) is 189 Å². The van der Waals surface area contributed by atoms with E-state index >= 15 is 0 Å². The van der Waals surface area contributed by atoms with Gasteiger partial charge in [-0.05, 0) is 0 Å². The first-order valence-electron chi connectivity index (χ1n) is 5.87. The van der Waals surface area contributed by atoms with Crippen LogP contribution in [-0.2, 0) is 19.2 Å². The Morgan fingerprint density at radius 2 is 1.32 bits per heavy atom. The van der Waals surface area contributed by atoms with Crippen molar-refractivity contribution in [3.05, 3.63) is 0 Å². The molecule has 1 aliphatic rings. The van der Waals surface area contributed by atoms with Gasteiger partial charge in [-0.25, -0.2) is 9.98 Å². The Bertz CT molecular complexity index is 593. The van der Waals surface area contributed by atoms with E-state index in [9.17, 15) is 24.3 Å². The Morgan fingerprint density at radius 3 is 1.64 bits per heavy atom. The largest absolute Gasteiger partial charge is 1.00 e. The maximum Gasteiger partial charge on any atom is 1.00 e. The Kier molecular flexibility index (Phi) is 10.5. The van der Waals surface area contributed by atoms with Crippen LogP contribution in [0.1, 0.15) is 0 Å². The zero-order chi connectivity index (χ0) is 18.3. The van der Waals surface area contributed by atoms with Crippen LogP contribution in [0, 0.1) is 0 Å². The van der Waals surface area contributed by atoms with Gasteiger partial charge in [0.25, 0.3) is 0 Å². The molecule has 0 amide bonds. The summed E-state index contributed by atoms with van der Waals surface area (Å²) in [7, 11) is 0. The van der Waals surface area contributed by atoms with E-state index in [0.29, 0.717) is 35.3 Å². The van der Waals surface area contributed by atoms with Crippen molar-refractivity contribution in [2.75, 3.05) is 17.3 Å². The SMILES string of the molecule is O=C(O)CSC1=NC(SCC(=O)O)(C(=O)[O-])N=C(SCC(=O)O)N1.[Na+]. The number of aliphatic imine (C=N–C) groups is 2. The summed E-state index contributed by atoms with van der Waals surface area (Å²) in [5.74, 6) is -7.06. The second-order valence-electron chi connectivity index (χ2n) is 3.90. The molecule has 0 bridgehead atoms. The smallest absolute Gasteiger partial charge is 0.544 e. The van der Waals surface area contributed by atoms with Gasteiger partial charge in [-0.2, -0.15) is 0 Å². The number of rotatable bonds is 8. The second kappa shape index (κ2) is 10.9. The molecule has 15 heteroatoms. The first-order chi connectivity index (χ1) is 11.1. The van der Waals surface area contributed by atoms with E-state index in [0.717, 1.165) is 0 Å². The van der Waals surface area contributed by atoms with E-state index < -0.39 is 46.1 Å². The van der Waals surface area contributed by atoms with Gasteiger partial charge >= 0.3 is 47.5 Å². The normalized spacial score (nSPS) is 15.0. The molecule has 0 aromatic heterocycles. The fraction of sp³-hybridized carbons (Fsp3) is 0.400. The van der Waals surface area contributed by atoms with E-state index in [4.69, 9.17) is 15.3 Å². The fourth-order valence-electron chi connectivity index (χ4n) is 1.22. The van der Waals surface area contributed by atoms with Crippen molar-refractivity contribution >= 4 is 69.5 Å². The van der Waals surface area contributed by atoms with Gasteiger partial charge in [0.1, 0.15) is 5.97 Å². The van der Waals surface area contributed by atoms with Gasteiger partial charge in [0.05, 0.1) is 17.3 Å². The Morgan fingerprint density at radius 1 is 0.920 bits per heavy atom. The molecule has 0 aromatic carbocycles. The number of hydrogen-bond donors (Lipinski definition) is 4. The van der Waals surface area contributed by atoms with Crippen molar-refractivity contribution in [3.63, 3.8) is 0 Å². The van der Waals surface area contributed by atoms with Crippen molar-refractivity contribution in [2.45, 2.75) is 4.99 Å². The average Bonchev–Trinajstić information content (AvgIpc) is 2.48. The van der Waals surface area contributed by atoms with Crippen LogP contribution in [0.2, 0.25) is 0 Å². The number of carboxylic acid groups (broad SMARTS) is 4. The molecule has 1 aliphatic heterocycles. The second-order valence-corrected chi connectivity index (χ2v) is 6.98. The minimum absolute atomic E-state index is 0.